The predicted octanol–water partition coefficient (Wildman–Crippen LogP) is 3.13. The third kappa shape index (κ3) is 4.99. The van der Waals surface area contributed by atoms with E-state index in [0.29, 0.717) is 13.0 Å². The van der Waals surface area contributed by atoms with Gasteiger partial charge in [0, 0.05) is 35.2 Å². The largest absolute Gasteiger partial charge is 0.496 e. The lowest BCUT2D eigenvalue weighted by molar-refractivity contribution is -0.142. The number of carbonyl (C=O) groups is 2. The van der Waals surface area contributed by atoms with Crippen LogP contribution in [0.2, 0.25) is 0 Å². The second kappa shape index (κ2) is 10.3. The minimum atomic E-state index is -0.527. The van der Waals surface area contributed by atoms with Crippen LogP contribution in [0.4, 0.5) is 5.69 Å². The maximum absolute atomic E-state index is 12.7. The van der Waals surface area contributed by atoms with Crippen molar-refractivity contribution in [3.63, 3.8) is 0 Å². The highest BCUT2D eigenvalue weighted by atomic mass is 16.6. The number of aliphatic hydroxyl groups excluding tert-OH is 1. The van der Waals surface area contributed by atoms with E-state index in [4.69, 9.17) is 14.2 Å². The van der Waals surface area contributed by atoms with Gasteiger partial charge in [0.1, 0.15) is 23.7 Å². The fraction of sp³-hybridized carbons (Fsp3) is 0.481. The number of benzene rings is 2. The van der Waals surface area contributed by atoms with Gasteiger partial charge in [-0.2, -0.15) is 0 Å². The smallest absolute Gasteiger partial charge is 0.227 e. The first-order chi connectivity index (χ1) is 17.1. The molecule has 35 heavy (non-hydrogen) atoms. The molecule has 1 saturated heterocycles. The van der Waals surface area contributed by atoms with E-state index in [9.17, 15) is 14.7 Å². The molecule has 3 aliphatic rings. The molecule has 8 nitrogen and oxygen atoms in total. The molecule has 0 aromatic heterocycles. The number of rotatable bonds is 8. The molecule has 0 unspecified atom stereocenters. The Hall–Kier alpha value is -3.10. The van der Waals surface area contributed by atoms with Gasteiger partial charge < -0.3 is 30.0 Å². The molecule has 0 radical (unpaired) electrons. The van der Waals surface area contributed by atoms with E-state index in [-0.39, 0.29) is 48.9 Å². The van der Waals surface area contributed by atoms with Crippen molar-refractivity contribution in [1.29, 1.82) is 0 Å². The van der Waals surface area contributed by atoms with Gasteiger partial charge in [0.05, 0.1) is 26.2 Å². The number of hydrogen-bond donors (Lipinski definition) is 3. The van der Waals surface area contributed by atoms with E-state index in [1.54, 1.807) is 7.11 Å². The van der Waals surface area contributed by atoms with E-state index in [0.717, 1.165) is 47.6 Å². The molecular formula is C27H32N2O6. The Morgan fingerprint density at radius 2 is 2.00 bits per heavy atom. The number of para-hydroxylation sites is 1. The summed E-state index contributed by atoms with van der Waals surface area (Å²) in [4.78, 5) is 25.1. The summed E-state index contributed by atoms with van der Waals surface area (Å²) < 4.78 is 17.5. The number of amides is 2. The SMILES string of the molecule is COc1ccccc1CNC(=O)C[C@H]1C[C@H]2c3cc(NC(=O)C4CCC4)ccc3O[C@H]2[C@H](CO)O1. The highest BCUT2D eigenvalue weighted by Crippen LogP contribution is 2.47. The molecule has 1 aliphatic carbocycles. The van der Waals surface area contributed by atoms with Gasteiger partial charge in [-0.05, 0) is 43.5 Å². The molecule has 3 N–H and O–H groups in total. The molecule has 8 heteroatoms. The van der Waals surface area contributed by atoms with Crippen molar-refractivity contribution in [3.8, 4) is 11.5 Å². The highest BCUT2D eigenvalue weighted by Gasteiger charge is 2.46. The lowest BCUT2D eigenvalue weighted by atomic mass is 9.83. The fourth-order valence-electron chi connectivity index (χ4n) is 5.20. The molecule has 2 aromatic carbocycles. The van der Waals surface area contributed by atoms with Gasteiger partial charge in [-0.3, -0.25) is 9.59 Å². The zero-order valence-electron chi connectivity index (χ0n) is 19.9. The average molecular weight is 481 g/mol. The van der Waals surface area contributed by atoms with Gasteiger partial charge in [-0.1, -0.05) is 24.6 Å². The summed E-state index contributed by atoms with van der Waals surface area (Å²) >= 11 is 0. The topological polar surface area (TPSA) is 106 Å². The Bertz CT molecular complexity index is 1090. The number of fused-ring (bicyclic) bond motifs is 3. The average Bonchev–Trinajstić information content (AvgIpc) is 3.19. The zero-order valence-corrected chi connectivity index (χ0v) is 19.9. The van der Waals surface area contributed by atoms with Crippen LogP contribution in [-0.2, 0) is 20.9 Å². The molecule has 2 heterocycles. The van der Waals surface area contributed by atoms with Crippen LogP contribution in [0.15, 0.2) is 42.5 Å². The van der Waals surface area contributed by atoms with E-state index < -0.39 is 6.10 Å². The summed E-state index contributed by atoms with van der Waals surface area (Å²) in [6.45, 7) is 0.167. The molecular weight excluding hydrogens is 448 g/mol. The second-order valence-electron chi connectivity index (χ2n) is 9.57. The summed E-state index contributed by atoms with van der Waals surface area (Å²) in [5, 5.41) is 15.9. The fourth-order valence-corrected chi connectivity index (χ4v) is 5.20. The first-order valence-electron chi connectivity index (χ1n) is 12.3. The molecule has 0 spiro atoms. The number of aliphatic hydroxyl groups is 1. The summed E-state index contributed by atoms with van der Waals surface area (Å²) in [6, 6.07) is 13.2. The molecule has 4 atom stereocenters. The van der Waals surface area contributed by atoms with Crippen LogP contribution in [0.25, 0.3) is 0 Å². The van der Waals surface area contributed by atoms with Crippen LogP contribution in [0.3, 0.4) is 0 Å². The number of ether oxygens (including phenoxy) is 3. The lowest BCUT2D eigenvalue weighted by Crippen LogP contribution is -2.47. The van der Waals surface area contributed by atoms with Gasteiger partial charge in [-0.15, -0.1) is 0 Å². The van der Waals surface area contributed by atoms with Gasteiger partial charge in [0.15, 0.2) is 0 Å². The van der Waals surface area contributed by atoms with E-state index >= 15 is 0 Å². The minimum absolute atomic E-state index is 0.0246. The Labute approximate surface area is 205 Å². The maximum atomic E-state index is 12.7. The monoisotopic (exact) mass is 480 g/mol. The first-order valence-corrected chi connectivity index (χ1v) is 12.3. The molecule has 2 amide bonds. The normalized spacial score (nSPS) is 25.0. The molecule has 2 aromatic rings. The highest BCUT2D eigenvalue weighted by molar-refractivity contribution is 5.93. The third-order valence-corrected chi connectivity index (χ3v) is 7.32. The summed E-state index contributed by atoms with van der Waals surface area (Å²) in [5.74, 6) is 1.49. The van der Waals surface area contributed by atoms with Crippen LogP contribution in [0, 0.1) is 5.92 Å². The van der Waals surface area contributed by atoms with Crippen molar-refractivity contribution in [2.24, 2.45) is 5.92 Å². The van der Waals surface area contributed by atoms with Crippen molar-refractivity contribution in [1.82, 2.24) is 5.32 Å². The number of carbonyl (C=O) groups excluding carboxylic acids is 2. The molecule has 5 rings (SSSR count). The minimum Gasteiger partial charge on any atom is -0.496 e. The van der Waals surface area contributed by atoms with Crippen LogP contribution in [0.1, 0.15) is 49.1 Å². The van der Waals surface area contributed by atoms with Crippen molar-refractivity contribution >= 4 is 17.5 Å². The maximum Gasteiger partial charge on any atom is 0.227 e. The van der Waals surface area contributed by atoms with Crippen molar-refractivity contribution in [2.45, 2.75) is 62.9 Å². The first kappa shape index (κ1) is 23.6. The second-order valence-corrected chi connectivity index (χ2v) is 9.57. The summed E-state index contributed by atoms with van der Waals surface area (Å²) in [6.07, 6.45) is 2.58. The Kier molecular flexibility index (Phi) is 6.92. The molecule has 2 aliphatic heterocycles. The van der Waals surface area contributed by atoms with Gasteiger partial charge >= 0.3 is 0 Å². The van der Waals surface area contributed by atoms with E-state index in [2.05, 4.69) is 10.6 Å². The van der Waals surface area contributed by atoms with Gasteiger partial charge in [0.25, 0.3) is 0 Å². The van der Waals surface area contributed by atoms with Gasteiger partial charge in [-0.25, -0.2) is 0 Å². The van der Waals surface area contributed by atoms with Crippen LogP contribution in [0.5, 0.6) is 11.5 Å². The van der Waals surface area contributed by atoms with Gasteiger partial charge in [0.2, 0.25) is 11.8 Å². The van der Waals surface area contributed by atoms with E-state index in [1.165, 1.54) is 0 Å². The number of methoxy groups -OCH3 is 1. The van der Waals surface area contributed by atoms with Crippen molar-refractivity contribution in [3.05, 3.63) is 53.6 Å². The zero-order chi connectivity index (χ0) is 24.4. The predicted molar refractivity (Wildman–Crippen MR) is 129 cm³/mol. The molecule has 1 saturated carbocycles. The van der Waals surface area contributed by atoms with Crippen LogP contribution >= 0.6 is 0 Å². The molecule has 0 bridgehead atoms. The number of hydrogen-bond acceptors (Lipinski definition) is 6. The lowest BCUT2D eigenvalue weighted by Gasteiger charge is -2.37. The van der Waals surface area contributed by atoms with Crippen LogP contribution < -0.4 is 20.1 Å². The number of anilines is 1. The summed E-state index contributed by atoms with van der Waals surface area (Å²) in [7, 11) is 1.60. The van der Waals surface area contributed by atoms with Crippen molar-refractivity contribution < 1.29 is 28.9 Å². The molecule has 2 fully saturated rings. The van der Waals surface area contributed by atoms with Crippen molar-refractivity contribution in [2.75, 3.05) is 19.0 Å². The quantitative estimate of drug-likeness (QED) is 0.536. The number of nitrogens with one attached hydrogen (secondary N) is 2. The third-order valence-electron chi connectivity index (χ3n) is 7.32. The summed E-state index contributed by atoms with van der Waals surface area (Å²) in [5.41, 5.74) is 2.64. The standard InChI is InChI=1S/C27H32N2O6/c1-33-22-8-3-2-5-17(22)14-28-25(31)13-19-12-21-20-11-18(29-27(32)16-6-4-7-16)9-10-23(20)35-26(21)24(15-30)34-19/h2-3,5,8-11,16,19,21,24,26,30H,4,6-7,12-15H2,1H3,(H,28,31)(H,29,32)/t19-,21+,24+,26-/m1/s1. The Balaban J connectivity index is 1.24. The van der Waals surface area contributed by atoms with Crippen LogP contribution in [-0.4, -0.2) is 48.9 Å². The van der Waals surface area contributed by atoms with E-state index in [1.807, 2.05) is 42.5 Å². The molecule has 186 valence electrons. The Morgan fingerprint density at radius 3 is 2.74 bits per heavy atom. The Morgan fingerprint density at radius 1 is 1.17 bits per heavy atom.